The number of hydrogen-bond acceptors (Lipinski definition) is 0. The summed E-state index contributed by atoms with van der Waals surface area (Å²) < 4.78 is 12.4. The maximum absolute atomic E-state index is 12.4. The first-order valence-corrected chi connectivity index (χ1v) is 6.30. The maximum atomic E-state index is 12.4. The highest BCUT2D eigenvalue weighted by atomic mass is 35.5. The zero-order chi connectivity index (χ0) is 8.27. The van der Waals surface area contributed by atoms with Crippen molar-refractivity contribution in [1.82, 2.24) is 0 Å². The van der Waals surface area contributed by atoms with Crippen LogP contribution in [0.15, 0.2) is 24.3 Å². The van der Waals surface area contributed by atoms with Crippen molar-refractivity contribution >= 4 is 21.1 Å². The Morgan fingerprint density at radius 2 is 1.91 bits per heavy atom. The minimum atomic E-state index is -0.229. The van der Waals surface area contributed by atoms with Gasteiger partial charge in [0.25, 0.3) is 0 Å². The quantitative estimate of drug-likeness (QED) is 0.494. The van der Waals surface area contributed by atoms with Gasteiger partial charge in [-0.2, -0.15) is 0 Å². The number of benzene rings is 1. The van der Waals surface area contributed by atoms with E-state index in [-0.39, 0.29) is 20.3 Å². The van der Waals surface area contributed by atoms with Gasteiger partial charge < -0.3 is 0 Å². The van der Waals surface area contributed by atoms with Crippen LogP contribution in [0.2, 0.25) is 6.55 Å². The summed E-state index contributed by atoms with van der Waals surface area (Å²) in [7, 11) is -0.229. The van der Waals surface area contributed by atoms with E-state index in [9.17, 15) is 4.39 Å². The van der Waals surface area contributed by atoms with Crippen LogP contribution in [0.4, 0.5) is 4.39 Å². The summed E-state index contributed by atoms with van der Waals surface area (Å²) in [4.78, 5) is 0. The molecular weight excluding hydrogens is 179 g/mol. The van der Waals surface area contributed by atoms with Gasteiger partial charge >= 0.3 is 0 Å². The molecule has 0 aliphatic rings. The molecule has 1 aromatic rings. The van der Waals surface area contributed by atoms with Crippen molar-refractivity contribution in [1.29, 1.82) is 0 Å². The van der Waals surface area contributed by atoms with E-state index >= 15 is 0 Å². The molecule has 0 aromatic heterocycles. The van der Waals surface area contributed by atoms with Crippen molar-refractivity contribution in [3.63, 3.8) is 0 Å². The van der Waals surface area contributed by atoms with E-state index in [0.29, 0.717) is 0 Å². The first kappa shape index (κ1) is 8.75. The summed E-state index contributed by atoms with van der Waals surface area (Å²) >= 11 is 5.98. The highest BCUT2D eigenvalue weighted by Gasteiger charge is 2.03. The Hall–Kier alpha value is -0.343. The molecule has 0 fully saturated rings. The van der Waals surface area contributed by atoms with Gasteiger partial charge in [0.2, 0.25) is 0 Å². The van der Waals surface area contributed by atoms with Gasteiger partial charge in [-0.3, -0.25) is 0 Å². The lowest BCUT2D eigenvalue weighted by Gasteiger charge is -2.04. The second-order valence-electron chi connectivity index (χ2n) is 2.43. The minimum Gasteiger partial charge on any atom is -0.207 e. The van der Waals surface area contributed by atoms with Crippen LogP contribution in [-0.2, 0) is 0 Å². The van der Waals surface area contributed by atoms with Gasteiger partial charge in [0.05, 0.1) is 0 Å². The predicted molar refractivity (Wildman–Crippen MR) is 49.4 cm³/mol. The topological polar surface area (TPSA) is 0 Å². The molecule has 1 rings (SSSR count). The number of halogens is 2. The van der Waals surface area contributed by atoms with E-state index in [1.807, 2.05) is 0 Å². The molecule has 0 N–H and O–H groups in total. The van der Waals surface area contributed by atoms with Crippen LogP contribution < -0.4 is 0 Å². The number of rotatable bonds is 2. The maximum Gasteiger partial charge on any atom is 0.123 e. The normalized spacial score (nSPS) is 14.1. The minimum absolute atomic E-state index is 0.149. The average Bonchev–Trinajstić information content (AvgIpc) is 2.05. The SMILES string of the molecule is C[SiH2]C(Cl)c1ccc(F)cc1. The molecule has 0 radical (unpaired) electrons. The fourth-order valence-electron chi connectivity index (χ4n) is 0.907. The number of hydrogen-bond donors (Lipinski definition) is 0. The van der Waals surface area contributed by atoms with Crippen molar-refractivity contribution in [2.45, 2.75) is 11.5 Å². The molecule has 0 saturated heterocycles. The van der Waals surface area contributed by atoms with E-state index in [2.05, 4.69) is 6.55 Å². The smallest absolute Gasteiger partial charge is 0.123 e. The lowest BCUT2D eigenvalue weighted by molar-refractivity contribution is 0.627. The zero-order valence-electron chi connectivity index (χ0n) is 6.35. The monoisotopic (exact) mass is 188 g/mol. The molecule has 0 nitrogen and oxygen atoms in total. The van der Waals surface area contributed by atoms with Crippen LogP contribution in [-0.4, -0.2) is 9.52 Å². The Morgan fingerprint density at radius 3 is 2.36 bits per heavy atom. The summed E-state index contributed by atoms with van der Waals surface area (Å²) in [6, 6.07) is 6.41. The highest BCUT2D eigenvalue weighted by molar-refractivity contribution is 6.51. The fourth-order valence-corrected chi connectivity index (χ4v) is 1.80. The molecule has 0 bridgehead atoms. The van der Waals surface area contributed by atoms with Crippen molar-refractivity contribution in [2.75, 3.05) is 0 Å². The highest BCUT2D eigenvalue weighted by Crippen LogP contribution is 2.18. The molecule has 0 aliphatic heterocycles. The van der Waals surface area contributed by atoms with Gasteiger partial charge in [-0.25, -0.2) is 4.39 Å². The molecule has 11 heavy (non-hydrogen) atoms. The second kappa shape index (κ2) is 3.88. The zero-order valence-corrected chi connectivity index (χ0v) is 8.52. The van der Waals surface area contributed by atoms with Crippen LogP contribution in [0.5, 0.6) is 0 Å². The van der Waals surface area contributed by atoms with Crippen LogP contribution in [0.1, 0.15) is 10.6 Å². The summed E-state index contributed by atoms with van der Waals surface area (Å²) in [6.45, 7) is 2.14. The summed E-state index contributed by atoms with van der Waals surface area (Å²) in [5.41, 5.74) is 1.04. The van der Waals surface area contributed by atoms with Gasteiger partial charge in [-0.15, -0.1) is 11.6 Å². The number of alkyl halides is 1. The first-order valence-electron chi connectivity index (χ1n) is 3.63. The Kier molecular flexibility index (Phi) is 3.09. The van der Waals surface area contributed by atoms with Crippen LogP contribution >= 0.6 is 11.6 Å². The van der Waals surface area contributed by atoms with Crippen LogP contribution in [0.3, 0.4) is 0 Å². The lowest BCUT2D eigenvalue weighted by atomic mass is 10.2. The molecule has 1 atom stereocenters. The third-order valence-corrected chi connectivity index (χ3v) is 3.96. The molecule has 1 aromatic carbocycles. The van der Waals surface area contributed by atoms with Gasteiger partial charge in [0, 0.05) is 14.5 Å². The Morgan fingerprint density at radius 1 is 1.36 bits per heavy atom. The Balaban J connectivity index is 2.81. The largest absolute Gasteiger partial charge is 0.207 e. The van der Waals surface area contributed by atoms with Gasteiger partial charge in [-0.05, 0) is 17.7 Å². The average molecular weight is 189 g/mol. The summed E-state index contributed by atoms with van der Waals surface area (Å²) in [5, 5.41) is 0.149. The van der Waals surface area contributed by atoms with Crippen LogP contribution in [0, 0.1) is 5.82 Å². The molecule has 0 heterocycles. The second-order valence-corrected chi connectivity index (χ2v) is 5.10. The molecule has 0 spiro atoms. The first-order chi connectivity index (χ1) is 5.24. The van der Waals surface area contributed by atoms with E-state index < -0.39 is 0 Å². The Labute approximate surface area is 73.2 Å². The van der Waals surface area contributed by atoms with Gasteiger partial charge in [0.15, 0.2) is 0 Å². The van der Waals surface area contributed by atoms with Crippen molar-refractivity contribution in [3.8, 4) is 0 Å². The molecule has 0 saturated carbocycles. The van der Waals surface area contributed by atoms with E-state index in [4.69, 9.17) is 11.6 Å². The molecule has 0 aliphatic carbocycles. The molecule has 0 amide bonds. The summed E-state index contributed by atoms with van der Waals surface area (Å²) in [5.74, 6) is -0.199. The van der Waals surface area contributed by atoms with Crippen molar-refractivity contribution in [2.24, 2.45) is 0 Å². The van der Waals surface area contributed by atoms with Crippen LogP contribution in [0.25, 0.3) is 0 Å². The predicted octanol–water partition coefficient (Wildman–Crippen LogP) is 2.28. The molecule has 60 valence electrons. The van der Waals surface area contributed by atoms with Gasteiger partial charge in [-0.1, -0.05) is 18.7 Å². The van der Waals surface area contributed by atoms with Crippen molar-refractivity contribution in [3.05, 3.63) is 35.6 Å². The lowest BCUT2D eigenvalue weighted by Crippen LogP contribution is -1.96. The van der Waals surface area contributed by atoms with Crippen molar-refractivity contribution < 1.29 is 4.39 Å². The Bertz CT molecular complexity index is 222. The molecule has 3 heteroatoms. The molecule has 1 unspecified atom stereocenters. The third kappa shape index (κ3) is 2.31. The van der Waals surface area contributed by atoms with E-state index in [1.54, 1.807) is 12.1 Å². The molecular formula is C8H10ClFSi. The third-order valence-electron chi connectivity index (χ3n) is 1.59. The summed E-state index contributed by atoms with van der Waals surface area (Å²) in [6.07, 6.45) is 0. The van der Waals surface area contributed by atoms with Gasteiger partial charge in [0.1, 0.15) is 5.82 Å². The van der Waals surface area contributed by atoms with E-state index in [0.717, 1.165) is 5.56 Å². The fraction of sp³-hybridized carbons (Fsp3) is 0.250. The van der Waals surface area contributed by atoms with E-state index in [1.165, 1.54) is 12.1 Å². The standard InChI is InChI=1S/C8H10ClFSi/c1-11-8(9)6-2-4-7(10)5-3-6/h2-5,8H,11H2,1H3.